The van der Waals surface area contributed by atoms with Crippen LogP contribution in [0, 0.1) is 5.82 Å². The van der Waals surface area contributed by atoms with Crippen molar-refractivity contribution < 1.29 is 4.39 Å². The van der Waals surface area contributed by atoms with Gasteiger partial charge in [-0.2, -0.15) is 11.8 Å². The van der Waals surface area contributed by atoms with Crippen LogP contribution in [0.3, 0.4) is 0 Å². The zero-order valence-electron chi connectivity index (χ0n) is 8.71. The van der Waals surface area contributed by atoms with Crippen molar-refractivity contribution in [2.75, 3.05) is 12.3 Å². The average molecular weight is 225 g/mol. The van der Waals surface area contributed by atoms with Crippen LogP contribution < -0.4 is 5.73 Å². The normalized spacial score (nSPS) is 25.7. The number of hydrogen-bond acceptors (Lipinski definition) is 2. The fourth-order valence-electron chi connectivity index (χ4n) is 2.12. The van der Waals surface area contributed by atoms with Crippen molar-refractivity contribution in [3.8, 4) is 0 Å². The fourth-order valence-corrected chi connectivity index (χ4v) is 3.50. The third-order valence-electron chi connectivity index (χ3n) is 3.03. The molecular weight excluding hydrogens is 209 g/mol. The molecule has 0 spiro atoms. The molecule has 1 aromatic carbocycles. The Balaban J connectivity index is 2.16. The van der Waals surface area contributed by atoms with Gasteiger partial charge in [-0.3, -0.25) is 0 Å². The maximum Gasteiger partial charge on any atom is 0.126 e. The van der Waals surface area contributed by atoms with Crippen molar-refractivity contribution in [3.05, 3.63) is 35.6 Å². The van der Waals surface area contributed by atoms with Crippen LogP contribution in [-0.4, -0.2) is 17.0 Å². The molecule has 0 aliphatic carbocycles. The predicted octanol–water partition coefficient (Wildman–Crippen LogP) is 2.59. The topological polar surface area (TPSA) is 26.0 Å². The van der Waals surface area contributed by atoms with E-state index in [2.05, 4.69) is 0 Å². The molecule has 0 saturated carbocycles. The number of thioether (sulfide) groups is 1. The van der Waals surface area contributed by atoms with Gasteiger partial charge in [-0.15, -0.1) is 0 Å². The fraction of sp³-hybridized carbons (Fsp3) is 0.500. The SMILES string of the molecule is NCC1(Cc2ccccc2F)CCCS1. The van der Waals surface area contributed by atoms with E-state index >= 15 is 0 Å². The molecule has 1 aliphatic rings. The predicted molar refractivity (Wildman–Crippen MR) is 63.6 cm³/mol. The molecule has 82 valence electrons. The summed E-state index contributed by atoms with van der Waals surface area (Å²) in [5.74, 6) is 1.06. The van der Waals surface area contributed by atoms with Crippen molar-refractivity contribution in [1.82, 2.24) is 0 Å². The summed E-state index contributed by atoms with van der Waals surface area (Å²) in [5, 5.41) is 0. The van der Waals surface area contributed by atoms with Gasteiger partial charge in [0.15, 0.2) is 0 Å². The van der Waals surface area contributed by atoms with E-state index in [9.17, 15) is 4.39 Å². The Hall–Kier alpha value is -0.540. The maximum absolute atomic E-state index is 13.5. The summed E-state index contributed by atoms with van der Waals surface area (Å²) in [6, 6.07) is 7.02. The van der Waals surface area contributed by atoms with E-state index in [0.29, 0.717) is 6.54 Å². The highest BCUT2D eigenvalue weighted by Gasteiger charge is 2.33. The Labute approximate surface area is 94.2 Å². The first-order valence-electron chi connectivity index (χ1n) is 5.33. The number of nitrogens with two attached hydrogens (primary N) is 1. The second kappa shape index (κ2) is 4.54. The minimum absolute atomic E-state index is 0.0855. The van der Waals surface area contributed by atoms with Crippen molar-refractivity contribution in [2.24, 2.45) is 5.73 Å². The molecule has 1 unspecified atom stereocenters. The lowest BCUT2D eigenvalue weighted by Gasteiger charge is -2.26. The van der Waals surface area contributed by atoms with Gasteiger partial charge in [0.05, 0.1) is 0 Å². The largest absolute Gasteiger partial charge is 0.329 e. The van der Waals surface area contributed by atoms with Gasteiger partial charge in [-0.05, 0) is 36.6 Å². The first-order chi connectivity index (χ1) is 7.26. The summed E-state index contributed by atoms with van der Waals surface area (Å²) >= 11 is 1.90. The minimum Gasteiger partial charge on any atom is -0.329 e. The first-order valence-corrected chi connectivity index (χ1v) is 6.32. The third-order valence-corrected chi connectivity index (χ3v) is 4.65. The minimum atomic E-state index is -0.0992. The molecule has 1 heterocycles. The molecule has 0 aromatic heterocycles. The van der Waals surface area contributed by atoms with Gasteiger partial charge in [0.2, 0.25) is 0 Å². The Morgan fingerprint density at radius 3 is 2.80 bits per heavy atom. The zero-order valence-corrected chi connectivity index (χ0v) is 9.52. The first kappa shape index (κ1) is 11.0. The van der Waals surface area contributed by atoms with Crippen LogP contribution in [0.15, 0.2) is 24.3 Å². The number of hydrogen-bond donors (Lipinski definition) is 1. The lowest BCUT2D eigenvalue weighted by atomic mass is 9.94. The van der Waals surface area contributed by atoms with Crippen molar-refractivity contribution in [2.45, 2.75) is 24.0 Å². The monoisotopic (exact) mass is 225 g/mol. The van der Waals surface area contributed by atoms with Gasteiger partial charge >= 0.3 is 0 Å². The van der Waals surface area contributed by atoms with E-state index in [1.54, 1.807) is 6.07 Å². The quantitative estimate of drug-likeness (QED) is 0.855. The second-order valence-electron chi connectivity index (χ2n) is 4.11. The molecule has 1 nitrogen and oxygen atoms in total. The van der Waals surface area contributed by atoms with Crippen LogP contribution in [0.1, 0.15) is 18.4 Å². The van der Waals surface area contributed by atoms with Crippen LogP contribution in [0.5, 0.6) is 0 Å². The highest BCUT2D eigenvalue weighted by molar-refractivity contribution is 8.00. The van der Waals surface area contributed by atoms with E-state index < -0.39 is 0 Å². The van der Waals surface area contributed by atoms with Crippen LogP contribution in [0.2, 0.25) is 0 Å². The smallest absolute Gasteiger partial charge is 0.126 e. The number of benzene rings is 1. The molecule has 15 heavy (non-hydrogen) atoms. The van der Waals surface area contributed by atoms with Crippen molar-refractivity contribution in [1.29, 1.82) is 0 Å². The van der Waals surface area contributed by atoms with Gasteiger partial charge in [0, 0.05) is 11.3 Å². The van der Waals surface area contributed by atoms with Crippen LogP contribution in [0.25, 0.3) is 0 Å². The molecule has 3 heteroatoms. The molecule has 1 atom stereocenters. The van der Waals surface area contributed by atoms with Gasteiger partial charge in [0.1, 0.15) is 5.82 Å². The van der Waals surface area contributed by atoms with E-state index in [-0.39, 0.29) is 10.6 Å². The van der Waals surface area contributed by atoms with E-state index in [4.69, 9.17) is 5.73 Å². The zero-order chi connectivity index (χ0) is 10.7. The summed E-state index contributed by atoms with van der Waals surface area (Å²) in [4.78, 5) is 0. The number of rotatable bonds is 3. The van der Waals surface area contributed by atoms with Gasteiger partial charge < -0.3 is 5.73 Å². The van der Waals surface area contributed by atoms with E-state index in [1.807, 2.05) is 23.9 Å². The van der Waals surface area contributed by atoms with Crippen molar-refractivity contribution in [3.63, 3.8) is 0 Å². The Bertz CT molecular complexity index is 334. The molecule has 1 saturated heterocycles. The molecule has 1 aliphatic heterocycles. The molecular formula is C12H16FNS. The Kier molecular flexibility index (Phi) is 3.32. The summed E-state index contributed by atoms with van der Waals surface area (Å²) in [5.41, 5.74) is 6.63. The molecule has 0 bridgehead atoms. The highest BCUT2D eigenvalue weighted by Crippen LogP contribution is 2.40. The van der Waals surface area contributed by atoms with E-state index in [1.165, 1.54) is 12.5 Å². The standard InChI is InChI=1S/C12H16FNS/c13-11-5-2-1-4-10(11)8-12(9-14)6-3-7-15-12/h1-2,4-5H,3,6-9,14H2. The molecule has 0 amide bonds. The summed E-state index contributed by atoms with van der Waals surface area (Å²) in [7, 11) is 0. The van der Waals surface area contributed by atoms with Crippen LogP contribution >= 0.6 is 11.8 Å². The molecule has 1 fully saturated rings. The number of halogens is 1. The van der Waals surface area contributed by atoms with Crippen LogP contribution in [-0.2, 0) is 6.42 Å². The molecule has 2 rings (SSSR count). The summed E-state index contributed by atoms with van der Waals surface area (Å²) in [6.45, 7) is 0.645. The molecule has 0 radical (unpaired) electrons. The third kappa shape index (κ3) is 2.34. The summed E-state index contributed by atoms with van der Waals surface area (Å²) < 4.78 is 13.6. The lowest BCUT2D eigenvalue weighted by Crippen LogP contribution is -2.34. The Morgan fingerprint density at radius 1 is 1.40 bits per heavy atom. The van der Waals surface area contributed by atoms with Crippen LogP contribution in [0.4, 0.5) is 4.39 Å². The average Bonchev–Trinajstić information content (AvgIpc) is 2.71. The van der Waals surface area contributed by atoms with E-state index in [0.717, 1.165) is 24.2 Å². The second-order valence-corrected chi connectivity index (χ2v) is 5.67. The maximum atomic E-state index is 13.5. The summed E-state index contributed by atoms with van der Waals surface area (Å²) in [6.07, 6.45) is 3.08. The Morgan fingerprint density at radius 2 is 2.20 bits per heavy atom. The van der Waals surface area contributed by atoms with Gasteiger partial charge in [0.25, 0.3) is 0 Å². The van der Waals surface area contributed by atoms with Gasteiger partial charge in [-0.25, -0.2) is 4.39 Å². The molecule has 2 N–H and O–H groups in total. The van der Waals surface area contributed by atoms with Gasteiger partial charge in [-0.1, -0.05) is 18.2 Å². The lowest BCUT2D eigenvalue weighted by molar-refractivity contribution is 0.538. The van der Waals surface area contributed by atoms with Crippen molar-refractivity contribution >= 4 is 11.8 Å². The molecule has 1 aromatic rings. The highest BCUT2D eigenvalue weighted by atomic mass is 32.2.